The van der Waals surface area contributed by atoms with Crippen LogP contribution in [-0.2, 0) is 17.8 Å². The summed E-state index contributed by atoms with van der Waals surface area (Å²) in [5.41, 5.74) is 1.80. The number of pyridine rings is 1. The molecule has 3 rings (SSSR count). The van der Waals surface area contributed by atoms with Crippen LogP contribution >= 0.6 is 0 Å². The number of carbonyl (C=O) groups is 1. The number of amides is 1. The molecule has 8 heteroatoms. The van der Waals surface area contributed by atoms with Crippen LogP contribution in [0, 0.1) is 0 Å². The molecule has 0 saturated heterocycles. The van der Waals surface area contributed by atoms with Crippen molar-refractivity contribution in [1.29, 1.82) is 0 Å². The molecule has 1 aromatic heterocycles. The van der Waals surface area contributed by atoms with E-state index in [1.165, 1.54) is 0 Å². The Morgan fingerprint density at radius 1 is 0.882 bits per heavy atom. The van der Waals surface area contributed by atoms with Gasteiger partial charge in [-0.05, 0) is 66.9 Å². The van der Waals surface area contributed by atoms with Gasteiger partial charge < -0.3 is 29.0 Å². The Morgan fingerprint density at radius 2 is 1.56 bits per heavy atom. The third-order valence-corrected chi connectivity index (χ3v) is 5.01. The standard InChI is InChI=1S/C26H30N2O6/c1-5-33-20-7-9-21(10-8-20)34-25-16-19(12-13-27-25)17-28-24(29)11-6-18-14-22(30-2)26(32-4)23(15-18)31-3/h7-10,12-16H,5-6,11,17H2,1-4H3,(H,28,29). The van der Waals surface area contributed by atoms with Gasteiger partial charge in [-0.15, -0.1) is 0 Å². The molecule has 0 radical (unpaired) electrons. The number of nitrogens with zero attached hydrogens (tertiary/aromatic N) is 1. The van der Waals surface area contributed by atoms with E-state index in [0.29, 0.717) is 54.9 Å². The lowest BCUT2D eigenvalue weighted by molar-refractivity contribution is -0.121. The van der Waals surface area contributed by atoms with E-state index in [4.69, 9.17) is 23.7 Å². The molecule has 1 heterocycles. The first-order valence-electron chi connectivity index (χ1n) is 11.0. The fourth-order valence-corrected chi connectivity index (χ4v) is 3.33. The van der Waals surface area contributed by atoms with Crippen molar-refractivity contribution in [3.05, 3.63) is 65.9 Å². The SMILES string of the molecule is CCOc1ccc(Oc2cc(CNC(=O)CCc3cc(OC)c(OC)c(OC)c3)ccn2)cc1. The Balaban J connectivity index is 1.53. The number of ether oxygens (including phenoxy) is 5. The minimum Gasteiger partial charge on any atom is -0.494 e. The van der Waals surface area contributed by atoms with Gasteiger partial charge in [0.25, 0.3) is 0 Å². The fraction of sp³-hybridized carbons (Fsp3) is 0.308. The largest absolute Gasteiger partial charge is 0.494 e. The van der Waals surface area contributed by atoms with E-state index in [9.17, 15) is 4.79 Å². The van der Waals surface area contributed by atoms with Crippen molar-refractivity contribution in [3.8, 4) is 34.6 Å². The summed E-state index contributed by atoms with van der Waals surface area (Å²) in [4.78, 5) is 16.7. The van der Waals surface area contributed by atoms with E-state index in [1.54, 1.807) is 33.6 Å². The Bertz CT molecular complexity index is 1060. The predicted octanol–water partition coefficient (Wildman–Crippen LogP) is 4.55. The quantitative estimate of drug-likeness (QED) is 0.419. The van der Waals surface area contributed by atoms with E-state index >= 15 is 0 Å². The molecule has 0 unspecified atom stereocenters. The lowest BCUT2D eigenvalue weighted by atomic mass is 10.1. The summed E-state index contributed by atoms with van der Waals surface area (Å²) < 4.78 is 27.3. The zero-order valence-electron chi connectivity index (χ0n) is 19.9. The van der Waals surface area contributed by atoms with Crippen molar-refractivity contribution in [1.82, 2.24) is 10.3 Å². The number of nitrogens with one attached hydrogen (secondary N) is 1. The van der Waals surface area contributed by atoms with Crippen molar-refractivity contribution < 1.29 is 28.5 Å². The molecule has 34 heavy (non-hydrogen) atoms. The Labute approximate surface area is 199 Å². The zero-order chi connectivity index (χ0) is 24.3. The second-order valence-corrected chi connectivity index (χ2v) is 7.32. The van der Waals surface area contributed by atoms with Gasteiger partial charge in [0.15, 0.2) is 11.5 Å². The van der Waals surface area contributed by atoms with Gasteiger partial charge in [0.05, 0.1) is 27.9 Å². The maximum Gasteiger partial charge on any atom is 0.220 e. The molecule has 0 saturated carbocycles. The Hall–Kier alpha value is -3.94. The second kappa shape index (κ2) is 12.3. The molecule has 1 N–H and O–H groups in total. The highest BCUT2D eigenvalue weighted by Gasteiger charge is 2.14. The number of methoxy groups -OCH3 is 3. The molecule has 0 aliphatic rings. The first kappa shape index (κ1) is 24.7. The number of aryl methyl sites for hydroxylation is 1. The van der Waals surface area contributed by atoms with Crippen LogP contribution in [0.3, 0.4) is 0 Å². The molecule has 0 aliphatic carbocycles. The highest BCUT2D eigenvalue weighted by atomic mass is 16.5. The fourth-order valence-electron chi connectivity index (χ4n) is 3.33. The van der Waals surface area contributed by atoms with Gasteiger partial charge in [-0.1, -0.05) is 0 Å². The van der Waals surface area contributed by atoms with Gasteiger partial charge >= 0.3 is 0 Å². The molecule has 0 aliphatic heterocycles. The number of hydrogen-bond acceptors (Lipinski definition) is 7. The van der Waals surface area contributed by atoms with Crippen LogP contribution < -0.4 is 29.0 Å². The van der Waals surface area contributed by atoms with Crippen molar-refractivity contribution in [2.24, 2.45) is 0 Å². The van der Waals surface area contributed by atoms with Crippen LogP contribution in [0.1, 0.15) is 24.5 Å². The second-order valence-electron chi connectivity index (χ2n) is 7.32. The summed E-state index contributed by atoms with van der Waals surface area (Å²) in [6.07, 6.45) is 2.51. The number of rotatable bonds is 12. The molecule has 180 valence electrons. The van der Waals surface area contributed by atoms with Crippen LogP contribution in [0.25, 0.3) is 0 Å². The average Bonchev–Trinajstić information content (AvgIpc) is 2.87. The average molecular weight is 467 g/mol. The van der Waals surface area contributed by atoms with Crippen LogP contribution in [-0.4, -0.2) is 38.8 Å². The number of carbonyl (C=O) groups excluding carboxylic acids is 1. The summed E-state index contributed by atoms with van der Waals surface area (Å²) in [5, 5.41) is 2.94. The summed E-state index contributed by atoms with van der Waals surface area (Å²) in [7, 11) is 4.69. The highest BCUT2D eigenvalue weighted by Crippen LogP contribution is 2.38. The van der Waals surface area contributed by atoms with E-state index in [1.807, 2.05) is 49.4 Å². The number of aromatic nitrogens is 1. The van der Waals surface area contributed by atoms with Crippen LogP contribution in [0.15, 0.2) is 54.7 Å². The maximum atomic E-state index is 12.4. The minimum atomic E-state index is -0.0699. The molecule has 0 fully saturated rings. The topological polar surface area (TPSA) is 88.1 Å². The summed E-state index contributed by atoms with van der Waals surface area (Å²) in [6.45, 7) is 2.92. The van der Waals surface area contributed by atoms with Gasteiger partial charge in [-0.2, -0.15) is 0 Å². The van der Waals surface area contributed by atoms with Crippen molar-refractivity contribution >= 4 is 5.91 Å². The molecule has 0 spiro atoms. The molecule has 2 aromatic carbocycles. The maximum absolute atomic E-state index is 12.4. The molecule has 8 nitrogen and oxygen atoms in total. The molecular formula is C26H30N2O6. The Kier molecular flexibility index (Phi) is 8.96. The van der Waals surface area contributed by atoms with E-state index in [-0.39, 0.29) is 5.91 Å². The molecule has 1 amide bonds. The molecule has 0 atom stereocenters. The van der Waals surface area contributed by atoms with Gasteiger partial charge in [0, 0.05) is 25.2 Å². The van der Waals surface area contributed by atoms with E-state index < -0.39 is 0 Å². The minimum absolute atomic E-state index is 0.0699. The smallest absolute Gasteiger partial charge is 0.220 e. The highest BCUT2D eigenvalue weighted by molar-refractivity contribution is 5.76. The summed E-state index contributed by atoms with van der Waals surface area (Å²) >= 11 is 0. The number of hydrogen-bond donors (Lipinski definition) is 1. The van der Waals surface area contributed by atoms with E-state index in [0.717, 1.165) is 16.9 Å². The third kappa shape index (κ3) is 6.78. The van der Waals surface area contributed by atoms with Crippen LogP contribution in [0.5, 0.6) is 34.6 Å². The lowest BCUT2D eigenvalue weighted by Gasteiger charge is -2.14. The van der Waals surface area contributed by atoms with Gasteiger partial charge in [0.1, 0.15) is 11.5 Å². The molecular weight excluding hydrogens is 436 g/mol. The Morgan fingerprint density at radius 3 is 2.18 bits per heavy atom. The normalized spacial score (nSPS) is 10.4. The molecule has 0 bridgehead atoms. The van der Waals surface area contributed by atoms with Gasteiger partial charge in [-0.25, -0.2) is 4.98 Å². The monoisotopic (exact) mass is 466 g/mol. The molecule has 3 aromatic rings. The zero-order valence-corrected chi connectivity index (χ0v) is 19.9. The third-order valence-electron chi connectivity index (χ3n) is 5.01. The first-order valence-corrected chi connectivity index (χ1v) is 11.0. The summed E-state index contributed by atoms with van der Waals surface area (Å²) in [6, 6.07) is 14.7. The predicted molar refractivity (Wildman–Crippen MR) is 128 cm³/mol. The van der Waals surface area contributed by atoms with Gasteiger partial charge in [-0.3, -0.25) is 4.79 Å². The van der Waals surface area contributed by atoms with Gasteiger partial charge in [0.2, 0.25) is 17.5 Å². The first-order chi connectivity index (χ1) is 16.6. The van der Waals surface area contributed by atoms with Crippen molar-refractivity contribution in [3.63, 3.8) is 0 Å². The summed E-state index contributed by atoms with van der Waals surface area (Å²) in [5.74, 6) is 3.48. The number of benzene rings is 2. The van der Waals surface area contributed by atoms with E-state index in [2.05, 4.69) is 10.3 Å². The van der Waals surface area contributed by atoms with Crippen LogP contribution in [0.2, 0.25) is 0 Å². The van der Waals surface area contributed by atoms with Crippen LogP contribution in [0.4, 0.5) is 0 Å². The van der Waals surface area contributed by atoms with Crippen molar-refractivity contribution in [2.75, 3.05) is 27.9 Å². The lowest BCUT2D eigenvalue weighted by Crippen LogP contribution is -2.23. The van der Waals surface area contributed by atoms with Crippen molar-refractivity contribution in [2.45, 2.75) is 26.3 Å².